The first-order chi connectivity index (χ1) is 6.07. The monoisotopic (exact) mass is 206 g/mol. The molecule has 2 amide bonds. The van der Waals surface area contributed by atoms with Gasteiger partial charge in [0, 0.05) is 19.3 Å². The van der Waals surface area contributed by atoms with Crippen molar-refractivity contribution in [1.82, 2.24) is 4.90 Å². The van der Waals surface area contributed by atoms with Crippen molar-refractivity contribution >= 4 is 23.4 Å². The molecule has 0 aromatic carbocycles. The first-order valence-electron chi connectivity index (χ1n) is 4.16. The van der Waals surface area contributed by atoms with Gasteiger partial charge in [0.25, 0.3) is 0 Å². The molecule has 0 aromatic rings. The number of carbonyl (C=O) groups is 2. The van der Waals surface area contributed by atoms with Gasteiger partial charge >= 0.3 is 0 Å². The summed E-state index contributed by atoms with van der Waals surface area (Å²) >= 11 is 5.45. The number of nitrogens with zero attached hydrogens (tertiary/aromatic N) is 1. The van der Waals surface area contributed by atoms with Gasteiger partial charge in [-0.2, -0.15) is 0 Å². The summed E-state index contributed by atoms with van der Waals surface area (Å²) in [6.07, 6.45) is 2.00. The highest BCUT2D eigenvalue weighted by Crippen LogP contribution is 2.00. The lowest BCUT2D eigenvalue weighted by Crippen LogP contribution is -2.35. The number of carbonyl (C=O) groups excluding carboxylic acids is 2. The third kappa shape index (κ3) is 6.40. The van der Waals surface area contributed by atoms with E-state index in [1.807, 2.05) is 0 Å². The van der Waals surface area contributed by atoms with Crippen LogP contribution >= 0.6 is 11.6 Å². The lowest BCUT2D eigenvalue weighted by atomic mass is 10.2. The average molecular weight is 207 g/mol. The number of nitrogens with two attached hydrogens (primary N) is 1. The standard InChI is InChI=1S/C8H15ClN2O2/c1-11(6-7(10)12)8(13)4-2-3-5-9/h2-6H2,1H3,(H2,10,12). The van der Waals surface area contributed by atoms with Gasteiger partial charge in [-0.1, -0.05) is 0 Å². The van der Waals surface area contributed by atoms with Crippen molar-refractivity contribution in [2.45, 2.75) is 19.3 Å². The maximum atomic E-state index is 11.2. The van der Waals surface area contributed by atoms with Crippen LogP contribution < -0.4 is 5.73 Å². The summed E-state index contributed by atoms with van der Waals surface area (Å²) in [5.74, 6) is 0.00408. The summed E-state index contributed by atoms with van der Waals surface area (Å²) in [6.45, 7) is -0.0142. The van der Waals surface area contributed by atoms with E-state index in [2.05, 4.69) is 0 Å². The zero-order chi connectivity index (χ0) is 10.3. The van der Waals surface area contributed by atoms with Crippen LogP contribution in [0.4, 0.5) is 0 Å². The predicted octanol–water partition coefficient (Wildman–Crippen LogP) is 0.339. The Balaban J connectivity index is 3.63. The van der Waals surface area contributed by atoms with Gasteiger partial charge in [0.05, 0.1) is 6.54 Å². The highest BCUT2D eigenvalue weighted by molar-refractivity contribution is 6.17. The van der Waals surface area contributed by atoms with Gasteiger partial charge in [-0.05, 0) is 12.8 Å². The van der Waals surface area contributed by atoms with Crippen molar-refractivity contribution in [2.24, 2.45) is 5.73 Å². The number of rotatable bonds is 6. The second-order valence-electron chi connectivity index (χ2n) is 2.86. The molecule has 0 aliphatic rings. The smallest absolute Gasteiger partial charge is 0.237 e. The van der Waals surface area contributed by atoms with Gasteiger partial charge in [-0.25, -0.2) is 0 Å². The predicted molar refractivity (Wildman–Crippen MR) is 51.4 cm³/mol. The summed E-state index contributed by atoms with van der Waals surface area (Å²) in [4.78, 5) is 23.0. The highest BCUT2D eigenvalue weighted by Gasteiger charge is 2.09. The maximum absolute atomic E-state index is 11.2. The first-order valence-corrected chi connectivity index (χ1v) is 4.69. The van der Waals surface area contributed by atoms with E-state index in [9.17, 15) is 9.59 Å². The Labute approximate surface area is 83.0 Å². The van der Waals surface area contributed by atoms with Crippen LogP contribution in [0.25, 0.3) is 0 Å². The summed E-state index contributed by atoms with van der Waals surface area (Å²) in [6, 6.07) is 0. The van der Waals surface area contributed by atoms with Crippen LogP contribution in [0.2, 0.25) is 0 Å². The molecule has 2 N–H and O–H groups in total. The number of halogens is 1. The van der Waals surface area contributed by atoms with E-state index < -0.39 is 5.91 Å². The molecule has 0 aliphatic carbocycles. The molecule has 0 aliphatic heterocycles. The number of likely N-dealkylation sites (N-methyl/N-ethyl adjacent to an activating group) is 1. The van der Waals surface area contributed by atoms with Gasteiger partial charge in [0.2, 0.25) is 11.8 Å². The number of hydrogen-bond acceptors (Lipinski definition) is 2. The summed E-state index contributed by atoms with van der Waals surface area (Å²) < 4.78 is 0. The lowest BCUT2D eigenvalue weighted by molar-refractivity contribution is -0.133. The minimum atomic E-state index is -0.492. The highest BCUT2D eigenvalue weighted by atomic mass is 35.5. The number of hydrogen-bond donors (Lipinski definition) is 1. The van der Waals surface area contributed by atoms with Crippen LogP contribution in [-0.2, 0) is 9.59 Å². The van der Waals surface area contributed by atoms with Crippen molar-refractivity contribution in [3.63, 3.8) is 0 Å². The van der Waals surface area contributed by atoms with Crippen LogP contribution in [0.15, 0.2) is 0 Å². The molecule has 5 heteroatoms. The third-order valence-corrected chi connectivity index (χ3v) is 1.86. The molecule has 76 valence electrons. The molecule has 13 heavy (non-hydrogen) atoms. The molecule has 0 atom stereocenters. The second kappa shape index (κ2) is 6.71. The Kier molecular flexibility index (Phi) is 6.32. The van der Waals surface area contributed by atoms with E-state index in [-0.39, 0.29) is 12.5 Å². The lowest BCUT2D eigenvalue weighted by Gasteiger charge is -2.14. The fourth-order valence-electron chi connectivity index (χ4n) is 0.884. The molecular formula is C8H15ClN2O2. The molecular weight excluding hydrogens is 192 g/mol. The molecule has 0 saturated carbocycles. The summed E-state index contributed by atoms with van der Waals surface area (Å²) in [5.41, 5.74) is 4.93. The van der Waals surface area contributed by atoms with Crippen LogP contribution in [0, 0.1) is 0 Å². The molecule has 0 rings (SSSR count). The summed E-state index contributed by atoms with van der Waals surface area (Å²) in [7, 11) is 1.56. The SMILES string of the molecule is CN(CC(N)=O)C(=O)CCCCCl. The third-order valence-electron chi connectivity index (χ3n) is 1.59. The molecule has 4 nitrogen and oxygen atoms in total. The van der Waals surface area contributed by atoms with Gasteiger partial charge in [0.1, 0.15) is 0 Å². The number of alkyl halides is 1. The van der Waals surface area contributed by atoms with E-state index >= 15 is 0 Å². The zero-order valence-corrected chi connectivity index (χ0v) is 8.51. The molecule has 0 radical (unpaired) electrons. The number of amides is 2. The van der Waals surface area contributed by atoms with Crippen LogP contribution in [-0.4, -0.2) is 36.2 Å². The summed E-state index contributed by atoms with van der Waals surface area (Å²) in [5, 5.41) is 0. The fourth-order valence-corrected chi connectivity index (χ4v) is 1.07. The van der Waals surface area contributed by atoms with Crippen LogP contribution in [0.1, 0.15) is 19.3 Å². The van der Waals surface area contributed by atoms with Crippen molar-refractivity contribution in [3.05, 3.63) is 0 Å². The van der Waals surface area contributed by atoms with Gasteiger partial charge < -0.3 is 10.6 Å². The van der Waals surface area contributed by atoms with E-state index in [1.165, 1.54) is 4.90 Å². The first kappa shape index (κ1) is 12.2. The molecule has 0 fully saturated rings. The number of unbranched alkanes of at least 4 members (excludes halogenated alkanes) is 1. The van der Waals surface area contributed by atoms with Gasteiger partial charge in [0.15, 0.2) is 0 Å². The van der Waals surface area contributed by atoms with E-state index in [1.54, 1.807) is 7.05 Å². The minimum Gasteiger partial charge on any atom is -0.368 e. The minimum absolute atomic E-state index is 0.0142. The Morgan fingerprint density at radius 1 is 1.38 bits per heavy atom. The van der Waals surface area contributed by atoms with Crippen molar-refractivity contribution < 1.29 is 9.59 Å². The fraction of sp³-hybridized carbons (Fsp3) is 0.750. The largest absolute Gasteiger partial charge is 0.368 e. The Morgan fingerprint density at radius 2 is 2.00 bits per heavy atom. The van der Waals surface area contributed by atoms with Crippen molar-refractivity contribution in [1.29, 1.82) is 0 Å². The topological polar surface area (TPSA) is 63.4 Å². The van der Waals surface area contributed by atoms with E-state index in [4.69, 9.17) is 17.3 Å². The maximum Gasteiger partial charge on any atom is 0.237 e. The normalized spacial score (nSPS) is 9.69. The van der Waals surface area contributed by atoms with Gasteiger partial charge in [-0.3, -0.25) is 9.59 Å². The molecule has 0 unspecified atom stereocenters. The molecule has 0 bridgehead atoms. The molecule has 0 aromatic heterocycles. The Bertz CT molecular complexity index is 185. The quantitative estimate of drug-likeness (QED) is 0.503. The molecule has 0 spiro atoms. The van der Waals surface area contributed by atoms with Crippen molar-refractivity contribution in [2.75, 3.05) is 19.5 Å². The van der Waals surface area contributed by atoms with Crippen LogP contribution in [0.3, 0.4) is 0 Å². The zero-order valence-electron chi connectivity index (χ0n) is 7.75. The Morgan fingerprint density at radius 3 is 2.46 bits per heavy atom. The van der Waals surface area contributed by atoms with Crippen molar-refractivity contribution in [3.8, 4) is 0 Å². The van der Waals surface area contributed by atoms with E-state index in [0.717, 1.165) is 12.8 Å². The average Bonchev–Trinajstić information content (AvgIpc) is 2.03. The second-order valence-corrected chi connectivity index (χ2v) is 3.24. The molecule has 0 heterocycles. The molecule has 0 saturated heterocycles. The Hall–Kier alpha value is -0.770. The van der Waals surface area contributed by atoms with Crippen LogP contribution in [0.5, 0.6) is 0 Å². The van der Waals surface area contributed by atoms with E-state index in [0.29, 0.717) is 12.3 Å². The number of primary amides is 1. The van der Waals surface area contributed by atoms with Gasteiger partial charge in [-0.15, -0.1) is 11.6 Å².